The molecule has 0 aliphatic heterocycles. The Morgan fingerprint density at radius 3 is 0.812 bits per heavy atom. The molecule has 0 fully saturated rings. The van der Waals surface area contributed by atoms with Gasteiger partial charge in [-0.3, -0.25) is 15.0 Å². The zero-order chi connectivity index (χ0) is 12.4. The van der Waals surface area contributed by atoms with Gasteiger partial charge in [0.1, 0.15) is 0 Å². The van der Waals surface area contributed by atoms with E-state index in [9.17, 15) is 0 Å². The second kappa shape index (κ2) is 36.5. The van der Waals surface area contributed by atoms with Gasteiger partial charge < -0.3 is 16.0 Å². The number of aliphatic imine (C=N–C) groups is 3. The fourth-order valence-electron chi connectivity index (χ4n) is 0.387. The van der Waals surface area contributed by atoms with Gasteiger partial charge in [-0.15, -0.1) is 0 Å². The van der Waals surface area contributed by atoms with E-state index in [4.69, 9.17) is 0 Å². The van der Waals surface area contributed by atoms with Crippen LogP contribution in [-0.4, -0.2) is 61.3 Å². The van der Waals surface area contributed by atoms with Crippen LogP contribution in [0.3, 0.4) is 0 Å². The number of hydrogen-bond donors (Lipinski definition) is 3. The van der Waals surface area contributed by atoms with Crippen molar-refractivity contribution < 1.29 is 35.6 Å². The van der Waals surface area contributed by atoms with Gasteiger partial charge in [0.05, 0.1) is 19.0 Å². The number of nitrogens with one attached hydrogen (secondary N) is 3. The third kappa shape index (κ3) is 68.8. The average Bonchev–Trinajstić information content (AvgIpc) is 2.23. The predicted molar refractivity (Wildman–Crippen MR) is 70.4 cm³/mol. The normalized spacial score (nSPS) is 8.62. The number of hydrogen-bond acceptors (Lipinski definition) is 3. The van der Waals surface area contributed by atoms with Gasteiger partial charge in [0.25, 0.3) is 0 Å². The third-order valence-corrected chi connectivity index (χ3v) is 0.775. The first kappa shape index (κ1) is 24.7. The van der Waals surface area contributed by atoms with Crippen molar-refractivity contribution in [3.63, 3.8) is 0 Å². The minimum absolute atomic E-state index is 0. The van der Waals surface area contributed by atoms with E-state index in [2.05, 4.69) is 30.9 Å². The van der Waals surface area contributed by atoms with Crippen molar-refractivity contribution in [3.05, 3.63) is 0 Å². The van der Waals surface area contributed by atoms with E-state index >= 15 is 0 Å². The summed E-state index contributed by atoms with van der Waals surface area (Å²) in [4.78, 5) is 10.9. The summed E-state index contributed by atoms with van der Waals surface area (Å²) in [5.41, 5.74) is 0. The molecule has 0 aliphatic rings. The minimum Gasteiger partial charge on any atom is -0.380 e. The van der Waals surface area contributed by atoms with Crippen LogP contribution in [0, 0.1) is 35.6 Å². The summed E-state index contributed by atoms with van der Waals surface area (Å²) in [6.07, 6.45) is 4.88. The molecule has 0 heterocycles. The molecule has 0 amide bonds. The molecule has 0 rings (SSSR count). The number of rotatable bonds is 3. The van der Waals surface area contributed by atoms with E-state index in [1.54, 1.807) is 40.2 Å². The molecule has 7 heteroatoms. The summed E-state index contributed by atoms with van der Waals surface area (Å²) >= 11 is 0. The van der Waals surface area contributed by atoms with Crippen molar-refractivity contribution in [2.75, 3.05) is 42.3 Å². The Hall–Kier alpha value is -0.395. The predicted octanol–water partition coefficient (Wildman–Crippen LogP) is -0.408. The van der Waals surface area contributed by atoms with Crippen LogP contribution in [0.1, 0.15) is 0 Å². The fourth-order valence-corrected chi connectivity index (χ4v) is 0.387. The van der Waals surface area contributed by atoms with Gasteiger partial charge in [0.15, 0.2) is 0 Å². The molecule has 0 saturated carbocycles. The topological polar surface area (TPSA) is 73.2 Å². The average molecular weight is 355 g/mol. The van der Waals surface area contributed by atoms with E-state index in [1.807, 2.05) is 21.1 Å². The Balaban J connectivity index is -0.0000000655. The van der Waals surface area contributed by atoms with E-state index in [0.29, 0.717) is 0 Å². The maximum atomic E-state index is 3.62. The zero-order valence-electron chi connectivity index (χ0n) is 11.2. The van der Waals surface area contributed by atoms with Crippen LogP contribution in [0.2, 0.25) is 0 Å². The summed E-state index contributed by atoms with van der Waals surface area (Å²) in [6, 6.07) is 0. The third-order valence-electron chi connectivity index (χ3n) is 0.775. The molecule has 6 nitrogen and oxygen atoms in total. The van der Waals surface area contributed by atoms with Crippen molar-refractivity contribution in [2.45, 2.75) is 0 Å². The van der Waals surface area contributed by atoms with E-state index in [0.717, 1.165) is 0 Å². The molecule has 0 spiro atoms. The monoisotopic (exact) mass is 355 g/mol. The molecular weight excluding hydrogens is 331 g/mol. The standard InChI is InChI=1S/3C3H8N2.La/c3*1-4-3-5-2;/h3*3H,1-2H3,(H,4,5);. The summed E-state index contributed by atoms with van der Waals surface area (Å²) < 4.78 is 0. The van der Waals surface area contributed by atoms with Crippen LogP contribution < -0.4 is 16.0 Å². The first-order valence-corrected chi connectivity index (χ1v) is 4.48. The quantitative estimate of drug-likeness (QED) is 0.476. The molecule has 0 bridgehead atoms. The Morgan fingerprint density at radius 1 is 0.625 bits per heavy atom. The molecule has 0 saturated heterocycles. The summed E-state index contributed by atoms with van der Waals surface area (Å²) in [5.74, 6) is 0. The number of nitrogens with zero attached hydrogens (tertiary/aromatic N) is 3. The molecule has 0 aromatic heterocycles. The van der Waals surface area contributed by atoms with Gasteiger partial charge in [-0.25, -0.2) is 0 Å². The summed E-state index contributed by atoms with van der Waals surface area (Å²) in [7, 11) is 10.6. The minimum atomic E-state index is 0. The van der Waals surface area contributed by atoms with Crippen molar-refractivity contribution in [1.29, 1.82) is 0 Å². The van der Waals surface area contributed by atoms with Gasteiger partial charge in [-0.2, -0.15) is 0 Å². The van der Waals surface area contributed by atoms with Crippen molar-refractivity contribution >= 4 is 19.0 Å². The molecule has 93 valence electrons. The van der Waals surface area contributed by atoms with Crippen molar-refractivity contribution in [3.8, 4) is 0 Å². The summed E-state index contributed by atoms with van der Waals surface area (Å²) in [5, 5.41) is 8.18. The largest absolute Gasteiger partial charge is 0.380 e. The van der Waals surface area contributed by atoms with Gasteiger partial charge in [-0.1, -0.05) is 0 Å². The molecule has 1 radical (unpaired) electrons. The SMILES string of the molecule is CN=CNC.CN=CNC.CN=CNC.[La]. The van der Waals surface area contributed by atoms with Gasteiger partial charge in [0.2, 0.25) is 0 Å². The Bertz CT molecular complexity index is 130. The fraction of sp³-hybridized carbons (Fsp3) is 0.667. The van der Waals surface area contributed by atoms with E-state index < -0.39 is 0 Å². The Labute approximate surface area is 127 Å². The molecule has 0 aromatic carbocycles. The molecular formula is C9H24LaN6. The van der Waals surface area contributed by atoms with Gasteiger partial charge in [-0.05, 0) is 0 Å². The van der Waals surface area contributed by atoms with Gasteiger partial charge >= 0.3 is 0 Å². The van der Waals surface area contributed by atoms with Crippen LogP contribution in [-0.2, 0) is 0 Å². The molecule has 0 atom stereocenters. The maximum absolute atomic E-state index is 3.62. The zero-order valence-corrected chi connectivity index (χ0v) is 14.8. The van der Waals surface area contributed by atoms with Crippen molar-refractivity contribution in [2.24, 2.45) is 15.0 Å². The second-order valence-electron chi connectivity index (χ2n) is 2.03. The Morgan fingerprint density at radius 2 is 0.812 bits per heavy atom. The van der Waals surface area contributed by atoms with Crippen LogP contribution in [0.25, 0.3) is 0 Å². The maximum Gasteiger partial charge on any atom is 0.0817 e. The second-order valence-corrected chi connectivity index (χ2v) is 2.03. The molecule has 3 N–H and O–H groups in total. The van der Waals surface area contributed by atoms with Crippen LogP contribution in [0.5, 0.6) is 0 Å². The summed E-state index contributed by atoms with van der Waals surface area (Å²) in [6.45, 7) is 0. The van der Waals surface area contributed by atoms with E-state index in [-0.39, 0.29) is 35.6 Å². The van der Waals surface area contributed by atoms with Crippen LogP contribution in [0.4, 0.5) is 0 Å². The van der Waals surface area contributed by atoms with Gasteiger partial charge in [0, 0.05) is 77.9 Å². The van der Waals surface area contributed by atoms with Crippen LogP contribution in [0.15, 0.2) is 15.0 Å². The Kier molecular flexibility index (Phi) is 56.4. The first-order valence-electron chi connectivity index (χ1n) is 4.48. The molecule has 0 aromatic rings. The molecule has 0 aliphatic carbocycles. The van der Waals surface area contributed by atoms with Crippen molar-refractivity contribution in [1.82, 2.24) is 16.0 Å². The molecule has 16 heavy (non-hydrogen) atoms. The smallest absolute Gasteiger partial charge is 0.0817 e. The molecule has 0 unspecified atom stereocenters. The first-order chi connectivity index (χ1) is 7.24. The van der Waals surface area contributed by atoms with Crippen LogP contribution >= 0.6 is 0 Å². The van der Waals surface area contributed by atoms with E-state index in [1.165, 1.54) is 0 Å².